The SMILES string of the molecule is COc1ccccc1-c1n[nH]c(C2CC2)c1NC(=O)C1CCC1. The number of H-pyrrole nitrogens is 1. The van der Waals surface area contributed by atoms with Gasteiger partial charge < -0.3 is 10.1 Å². The first kappa shape index (κ1) is 14.3. The second-order valence-electron chi connectivity index (χ2n) is 6.45. The maximum absolute atomic E-state index is 12.4. The zero-order valence-corrected chi connectivity index (χ0v) is 13.3. The number of rotatable bonds is 5. The van der Waals surface area contributed by atoms with E-state index in [0.717, 1.165) is 60.5 Å². The van der Waals surface area contributed by atoms with Crippen LogP contribution in [-0.2, 0) is 4.79 Å². The molecule has 1 aromatic carbocycles. The molecule has 2 saturated carbocycles. The predicted octanol–water partition coefficient (Wildman–Crippen LogP) is 3.70. The number of anilines is 1. The molecule has 23 heavy (non-hydrogen) atoms. The highest BCUT2D eigenvalue weighted by molar-refractivity contribution is 5.98. The van der Waals surface area contributed by atoms with Crippen LogP contribution in [0.5, 0.6) is 5.75 Å². The highest BCUT2D eigenvalue weighted by atomic mass is 16.5. The molecule has 0 aliphatic heterocycles. The third kappa shape index (κ3) is 2.60. The number of carbonyl (C=O) groups excluding carboxylic acids is 1. The van der Waals surface area contributed by atoms with Crippen LogP contribution in [0.4, 0.5) is 5.69 Å². The van der Waals surface area contributed by atoms with Crippen LogP contribution in [0.3, 0.4) is 0 Å². The fourth-order valence-electron chi connectivity index (χ4n) is 3.08. The third-order valence-corrected chi connectivity index (χ3v) is 4.87. The van der Waals surface area contributed by atoms with E-state index in [1.54, 1.807) is 7.11 Å². The van der Waals surface area contributed by atoms with Gasteiger partial charge in [-0.3, -0.25) is 9.89 Å². The molecule has 2 aliphatic carbocycles. The summed E-state index contributed by atoms with van der Waals surface area (Å²) in [5.41, 5.74) is 3.58. The maximum atomic E-state index is 12.4. The van der Waals surface area contributed by atoms with Gasteiger partial charge in [-0.25, -0.2) is 0 Å². The standard InChI is InChI=1S/C18H21N3O2/c1-23-14-8-3-2-7-13(14)16-17(15(20-21-16)11-9-10-11)19-18(22)12-5-4-6-12/h2-3,7-8,11-12H,4-6,9-10H2,1H3,(H,19,22)(H,20,21). The van der Waals surface area contributed by atoms with Crippen molar-refractivity contribution >= 4 is 11.6 Å². The highest BCUT2D eigenvalue weighted by Gasteiger charge is 2.33. The molecule has 2 aliphatic rings. The van der Waals surface area contributed by atoms with E-state index < -0.39 is 0 Å². The Kier molecular flexibility index (Phi) is 3.56. The number of aromatic amines is 1. The van der Waals surface area contributed by atoms with Crippen molar-refractivity contribution in [2.75, 3.05) is 12.4 Å². The molecule has 0 saturated heterocycles. The topological polar surface area (TPSA) is 67.0 Å². The predicted molar refractivity (Wildman–Crippen MR) is 88.5 cm³/mol. The number of para-hydroxylation sites is 1. The van der Waals surface area contributed by atoms with Gasteiger partial charge in [-0.1, -0.05) is 18.6 Å². The summed E-state index contributed by atoms with van der Waals surface area (Å²) in [4.78, 5) is 12.4. The van der Waals surface area contributed by atoms with Crippen molar-refractivity contribution < 1.29 is 9.53 Å². The number of methoxy groups -OCH3 is 1. The average Bonchev–Trinajstić information content (AvgIpc) is 3.27. The molecule has 0 spiro atoms. The molecule has 5 heteroatoms. The van der Waals surface area contributed by atoms with Crippen molar-refractivity contribution in [2.24, 2.45) is 5.92 Å². The van der Waals surface area contributed by atoms with E-state index in [0.29, 0.717) is 5.92 Å². The molecular formula is C18H21N3O2. The van der Waals surface area contributed by atoms with E-state index >= 15 is 0 Å². The van der Waals surface area contributed by atoms with Gasteiger partial charge in [0, 0.05) is 17.4 Å². The smallest absolute Gasteiger partial charge is 0.227 e. The molecule has 1 amide bonds. The number of hydrogen-bond donors (Lipinski definition) is 2. The number of ether oxygens (including phenoxy) is 1. The summed E-state index contributed by atoms with van der Waals surface area (Å²) in [7, 11) is 1.65. The van der Waals surface area contributed by atoms with E-state index in [2.05, 4.69) is 15.5 Å². The van der Waals surface area contributed by atoms with Gasteiger partial charge in [0.25, 0.3) is 0 Å². The Labute approximate surface area is 135 Å². The zero-order valence-electron chi connectivity index (χ0n) is 13.3. The Balaban J connectivity index is 1.72. The van der Waals surface area contributed by atoms with Gasteiger partial charge in [0.1, 0.15) is 11.4 Å². The van der Waals surface area contributed by atoms with Crippen molar-refractivity contribution in [2.45, 2.75) is 38.0 Å². The number of nitrogens with one attached hydrogen (secondary N) is 2. The van der Waals surface area contributed by atoms with E-state index in [-0.39, 0.29) is 11.8 Å². The van der Waals surface area contributed by atoms with Crippen LogP contribution in [0.25, 0.3) is 11.3 Å². The molecule has 2 fully saturated rings. The summed E-state index contributed by atoms with van der Waals surface area (Å²) < 4.78 is 5.46. The van der Waals surface area contributed by atoms with Crippen LogP contribution in [0.15, 0.2) is 24.3 Å². The van der Waals surface area contributed by atoms with Crippen molar-refractivity contribution in [1.29, 1.82) is 0 Å². The number of benzene rings is 1. The van der Waals surface area contributed by atoms with Gasteiger partial charge in [0.05, 0.1) is 18.5 Å². The Hall–Kier alpha value is -2.30. The minimum absolute atomic E-state index is 0.121. The van der Waals surface area contributed by atoms with Gasteiger partial charge >= 0.3 is 0 Å². The summed E-state index contributed by atoms with van der Waals surface area (Å²) >= 11 is 0. The number of nitrogens with zero attached hydrogens (tertiary/aromatic N) is 1. The van der Waals surface area contributed by atoms with E-state index in [1.807, 2.05) is 24.3 Å². The molecule has 2 aromatic rings. The Morgan fingerprint density at radius 3 is 2.70 bits per heavy atom. The van der Waals surface area contributed by atoms with Crippen molar-refractivity contribution in [1.82, 2.24) is 10.2 Å². The van der Waals surface area contributed by atoms with Crippen LogP contribution in [-0.4, -0.2) is 23.2 Å². The lowest BCUT2D eigenvalue weighted by Crippen LogP contribution is -2.28. The van der Waals surface area contributed by atoms with Gasteiger partial charge in [-0.15, -0.1) is 0 Å². The van der Waals surface area contributed by atoms with Crippen molar-refractivity contribution in [3.05, 3.63) is 30.0 Å². The number of hydrogen-bond acceptors (Lipinski definition) is 3. The van der Waals surface area contributed by atoms with Crippen LogP contribution in [0.2, 0.25) is 0 Å². The molecule has 0 radical (unpaired) electrons. The lowest BCUT2D eigenvalue weighted by Gasteiger charge is -2.24. The van der Waals surface area contributed by atoms with Gasteiger partial charge in [-0.05, 0) is 37.8 Å². The van der Waals surface area contributed by atoms with E-state index in [9.17, 15) is 4.79 Å². The first-order valence-electron chi connectivity index (χ1n) is 8.30. The summed E-state index contributed by atoms with van der Waals surface area (Å²) in [6.07, 6.45) is 5.44. The molecular weight excluding hydrogens is 290 g/mol. The molecule has 2 N–H and O–H groups in total. The zero-order chi connectivity index (χ0) is 15.8. The number of aromatic nitrogens is 2. The van der Waals surface area contributed by atoms with Gasteiger partial charge in [0.15, 0.2) is 0 Å². The second kappa shape index (κ2) is 5.72. The molecule has 0 atom stereocenters. The van der Waals surface area contributed by atoms with E-state index in [4.69, 9.17) is 4.74 Å². The summed E-state index contributed by atoms with van der Waals surface area (Å²) in [6.45, 7) is 0. The summed E-state index contributed by atoms with van der Waals surface area (Å²) in [5.74, 6) is 1.53. The average molecular weight is 311 g/mol. The molecule has 120 valence electrons. The number of amides is 1. The molecule has 0 unspecified atom stereocenters. The Morgan fingerprint density at radius 2 is 2.04 bits per heavy atom. The first-order valence-corrected chi connectivity index (χ1v) is 8.30. The largest absolute Gasteiger partial charge is 0.496 e. The van der Waals surface area contributed by atoms with Crippen LogP contribution >= 0.6 is 0 Å². The summed E-state index contributed by atoms with van der Waals surface area (Å²) in [5, 5.41) is 10.8. The van der Waals surface area contributed by atoms with Gasteiger partial charge in [-0.2, -0.15) is 5.10 Å². The molecule has 1 aromatic heterocycles. The fourth-order valence-corrected chi connectivity index (χ4v) is 3.08. The summed E-state index contributed by atoms with van der Waals surface area (Å²) in [6, 6.07) is 7.79. The first-order chi connectivity index (χ1) is 11.3. The third-order valence-electron chi connectivity index (χ3n) is 4.87. The monoisotopic (exact) mass is 311 g/mol. The van der Waals surface area contributed by atoms with Crippen molar-refractivity contribution in [3.63, 3.8) is 0 Å². The van der Waals surface area contributed by atoms with E-state index in [1.165, 1.54) is 0 Å². The second-order valence-corrected chi connectivity index (χ2v) is 6.45. The van der Waals surface area contributed by atoms with Crippen LogP contribution in [0.1, 0.15) is 43.7 Å². The molecule has 1 heterocycles. The van der Waals surface area contributed by atoms with Crippen LogP contribution in [0, 0.1) is 5.92 Å². The van der Waals surface area contributed by atoms with Gasteiger partial charge in [0.2, 0.25) is 5.91 Å². The minimum atomic E-state index is 0.121. The molecule has 4 rings (SSSR count). The minimum Gasteiger partial charge on any atom is -0.496 e. The van der Waals surface area contributed by atoms with Crippen LogP contribution < -0.4 is 10.1 Å². The quantitative estimate of drug-likeness (QED) is 0.884. The molecule has 5 nitrogen and oxygen atoms in total. The van der Waals surface area contributed by atoms with Crippen molar-refractivity contribution in [3.8, 4) is 17.0 Å². The highest BCUT2D eigenvalue weighted by Crippen LogP contribution is 2.46. The Bertz CT molecular complexity index is 730. The normalized spacial score (nSPS) is 17.6. The maximum Gasteiger partial charge on any atom is 0.227 e. The number of carbonyl (C=O) groups is 1. The fraction of sp³-hybridized carbons (Fsp3) is 0.444. The molecule has 0 bridgehead atoms. The lowest BCUT2D eigenvalue weighted by molar-refractivity contribution is -0.122. The Morgan fingerprint density at radius 1 is 1.26 bits per heavy atom. The lowest BCUT2D eigenvalue weighted by atomic mass is 9.84.